The van der Waals surface area contributed by atoms with Crippen molar-refractivity contribution >= 4 is 29.1 Å². The number of hydrogen-bond acceptors (Lipinski definition) is 8. The van der Waals surface area contributed by atoms with Crippen LogP contribution in [0.4, 0.5) is 5.69 Å². The number of carbonyl (C=O) groups excluding carboxylic acids is 2. The molecular weight excluding hydrogens is 442 g/mol. The Labute approximate surface area is 196 Å². The number of nitrogens with zero attached hydrogens (tertiary/aromatic N) is 2. The molecule has 33 heavy (non-hydrogen) atoms. The van der Waals surface area contributed by atoms with Gasteiger partial charge in [-0.2, -0.15) is 0 Å². The van der Waals surface area contributed by atoms with Crippen LogP contribution < -0.4 is 14.8 Å². The van der Waals surface area contributed by atoms with Crippen LogP contribution in [0.3, 0.4) is 0 Å². The van der Waals surface area contributed by atoms with Crippen molar-refractivity contribution < 1.29 is 23.5 Å². The predicted molar refractivity (Wildman–Crippen MR) is 124 cm³/mol. The number of ether oxygens (including phenoxy) is 2. The fourth-order valence-corrected chi connectivity index (χ4v) is 3.78. The van der Waals surface area contributed by atoms with Gasteiger partial charge < -0.3 is 19.2 Å². The number of rotatable bonds is 6. The smallest absolute Gasteiger partial charge is 0.277 e. The van der Waals surface area contributed by atoms with Crippen LogP contribution in [0.2, 0.25) is 0 Å². The van der Waals surface area contributed by atoms with Gasteiger partial charge in [0.1, 0.15) is 6.61 Å². The number of ketones is 1. The van der Waals surface area contributed by atoms with Crippen molar-refractivity contribution in [3.05, 3.63) is 60.0 Å². The third-order valence-corrected chi connectivity index (χ3v) is 5.90. The number of carbonyl (C=O) groups is 2. The Morgan fingerprint density at radius 1 is 1.06 bits per heavy atom. The molecule has 2 aromatic carbocycles. The molecule has 1 aromatic heterocycles. The summed E-state index contributed by atoms with van der Waals surface area (Å²) >= 11 is 1.18. The Bertz CT molecular complexity index is 1150. The molecule has 1 aliphatic heterocycles. The van der Waals surface area contributed by atoms with E-state index < -0.39 is 16.8 Å². The maximum Gasteiger partial charge on any atom is 0.277 e. The quantitative estimate of drug-likeness (QED) is 0.402. The summed E-state index contributed by atoms with van der Waals surface area (Å²) in [5, 5.41) is 10.8. The molecule has 172 valence electrons. The van der Waals surface area contributed by atoms with Crippen LogP contribution in [-0.2, 0) is 4.79 Å². The number of hydrogen-bond donors (Lipinski definition) is 1. The summed E-state index contributed by atoms with van der Waals surface area (Å²) in [6.07, 6.45) is -0.511. The SMILES string of the molecule is C[C@@H](Sc1nnc([C@@H]2COc3ccccc3O2)o1)C(=O)c1ccc(NC(=O)C(C)(C)C)cc1. The van der Waals surface area contributed by atoms with Gasteiger partial charge in [-0.3, -0.25) is 9.59 Å². The van der Waals surface area contributed by atoms with Crippen molar-refractivity contribution in [3.8, 4) is 11.5 Å². The first-order valence-electron chi connectivity index (χ1n) is 10.5. The van der Waals surface area contributed by atoms with Gasteiger partial charge in [0, 0.05) is 16.7 Å². The van der Waals surface area contributed by atoms with Gasteiger partial charge in [-0.05, 0) is 43.3 Å². The van der Waals surface area contributed by atoms with E-state index in [0.29, 0.717) is 28.6 Å². The molecule has 2 heterocycles. The van der Waals surface area contributed by atoms with E-state index in [1.807, 2.05) is 45.0 Å². The lowest BCUT2D eigenvalue weighted by Gasteiger charge is -2.23. The molecule has 1 amide bonds. The van der Waals surface area contributed by atoms with Gasteiger partial charge in [0.15, 0.2) is 17.3 Å². The number of aromatic nitrogens is 2. The van der Waals surface area contributed by atoms with Gasteiger partial charge in [-0.15, -0.1) is 10.2 Å². The Morgan fingerprint density at radius 2 is 1.76 bits per heavy atom. The van der Waals surface area contributed by atoms with Gasteiger partial charge in [0.2, 0.25) is 12.0 Å². The van der Waals surface area contributed by atoms with Gasteiger partial charge in [0.05, 0.1) is 5.25 Å². The van der Waals surface area contributed by atoms with Crippen LogP contribution in [0.1, 0.15) is 50.0 Å². The molecule has 0 radical (unpaired) electrons. The van der Waals surface area contributed by atoms with E-state index in [2.05, 4.69) is 15.5 Å². The van der Waals surface area contributed by atoms with E-state index in [9.17, 15) is 9.59 Å². The molecule has 2 atom stereocenters. The highest BCUT2D eigenvalue weighted by Crippen LogP contribution is 2.36. The van der Waals surface area contributed by atoms with Crippen molar-refractivity contribution in [2.45, 2.75) is 44.3 Å². The van der Waals surface area contributed by atoms with Crippen molar-refractivity contribution in [2.24, 2.45) is 5.41 Å². The molecule has 9 heteroatoms. The van der Waals surface area contributed by atoms with E-state index in [4.69, 9.17) is 13.9 Å². The third kappa shape index (κ3) is 5.36. The van der Waals surface area contributed by atoms with E-state index in [1.54, 1.807) is 31.2 Å². The van der Waals surface area contributed by atoms with Gasteiger partial charge in [-0.1, -0.05) is 44.7 Å². The minimum absolute atomic E-state index is 0.0837. The van der Waals surface area contributed by atoms with Gasteiger partial charge in [0.25, 0.3) is 11.1 Å². The maximum absolute atomic E-state index is 12.8. The molecule has 0 aliphatic carbocycles. The number of Topliss-reactive ketones (excluding diaryl/α,β-unsaturated/α-hetero) is 1. The summed E-state index contributed by atoms with van der Waals surface area (Å²) in [6.45, 7) is 7.57. The molecule has 1 N–H and O–H groups in total. The lowest BCUT2D eigenvalue weighted by Crippen LogP contribution is -2.27. The first-order chi connectivity index (χ1) is 15.7. The average molecular weight is 468 g/mol. The maximum atomic E-state index is 12.8. The minimum atomic E-state index is -0.511. The number of benzene rings is 2. The normalized spacial score (nSPS) is 16.2. The zero-order chi connectivity index (χ0) is 23.6. The molecule has 0 fully saturated rings. The largest absolute Gasteiger partial charge is 0.485 e. The molecule has 0 spiro atoms. The van der Waals surface area contributed by atoms with Crippen LogP contribution >= 0.6 is 11.8 Å². The number of anilines is 1. The fraction of sp³-hybridized carbons (Fsp3) is 0.333. The lowest BCUT2D eigenvalue weighted by atomic mass is 9.95. The molecule has 0 unspecified atom stereocenters. The van der Waals surface area contributed by atoms with Crippen molar-refractivity contribution in [1.82, 2.24) is 10.2 Å². The summed E-state index contributed by atoms with van der Waals surface area (Å²) in [5.41, 5.74) is 0.675. The van der Waals surface area contributed by atoms with Crippen LogP contribution in [0.25, 0.3) is 0 Å². The number of nitrogens with one attached hydrogen (secondary N) is 1. The van der Waals surface area contributed by atoms with Gasteiger partial charge >= 0.3 is 0 Å². The minimum Gasteiger partial charge on any atom is -0.485 e. The first-order valence-corrected chi connectivity index (χ1v) is 11.4. The summed E-state index contributed by atoms with van der Waals surface area (Å²) in [6, 6.07) is 14.2. The highest BCUT2D eigenvalue weighted by molar-refractivity contribution is 8.00. The Balaban J connectivity index is 1.36. The second-order valence-corrected chi connectivity index (χ2v) is 9.97. The summed E-state index contributed by atoms with van der Waals surface area (Å²) < 4.78 is 17.3. The van der Waals surface area contributed by atoms with E-state index in [-0.39, 0.29) is 23.5 Å². The first kappa shape index (κ1) is 22.8. The Hall–Kier alpha value is -3.33. The molecule has 8 nitrogen and oxygen atoms in total. The summed E-state index contributed by atoms with van der Waals surface area (Å²) in [7, 11) is 0. The van der Waals surface area contributed by atoms with Crippen LogP contribution in [0, 0.1) is 5.41 Å². The topological polar surface area (TPSA) is 104 Å². The molecule has 0 saturated carbocycles. The highest BCUT2D eigenvalue weighted by atomic mass is 32.2. The molecule has 0 saturated heterocycles. The number of fused-ring (bicyclic) bond motifs is 1. The summed E-state index contributed by atoms with van der Waals surface area (Å²) in [5.74, 6) is 1.41. The molecule has 0 bridgehead atoms. The molecule has 4 rings (SSSR count). The molecular formula is C24H25N3O5S. The zero-order valence-corrected chi connectivity index (χ0v) is 19.6. The standard InChI is InChI=1S/C24H25N3O5S/c1-14(20(28)15-9-11-16(12-10-15)25-22(29)24(2,3)4)33-23-27-26-21(32-23)19-13-30-17-7-5-6-8-18(17)31-19/h5-12,14,19H,13H2,1-4H3,(H,25,29)/t14-,19+/m1/s1. The molecule has 3 aromatic rings. The van der Waals surface area contributed by atoms with Crippen molar-refractivity contribution in [1.29, 1.82) is 0 Å². The number of para-hydroxylation sites is 2. The fourth-order valence-electron chi connectivity index (χ4n) is 3.02. The number of amides is 1. The summed E-state index contributed by atoms with van der Waals surface area (Å²) in [4.78, 5) is 25.0. The van der Waals surface area contributed by atoms with E-state index in [0.717, 1.165) is 0 Å². The number of thioether (sulfide) groups is 1. The van der Waals surface area contributed by atoms with Crippen molar-refractivity contribution in [3.63, 3.8) is 0 Å². The Morgan fingerprint density at radius 3 is 2.45 bits per heavy atom. The van der Waals surface area contributed by atoms with Crippen LogP contribution in [-0.4, -0.2) is 33.7 Å². The third-order valence-electron chi connectivity index (χ3n) is 4.96. The second-order valence-electron chi connectivity index (χ2n) is 8.68. The van der Waals surface area contributed by atoms with Crippen LogP contribution in [0.5, 0.6) is 11.5 Å². The van der Waals surface area contributed by atoms with Crippen LogP contribution in [0.15, 0.2) is 58.2 Å². The monoisotopic (exact) mass is 467 g/mol. The second kappa shape index (κ2) is 9.27. The van der Waals surface area contributed by atoms with E-state index in [1.165, 1.54) is 11.8 Å². The predicted octanol–water partition coefficient (Wildman–Crippen LogP) is 4.93. The zero-order valence-electron chi connectivity index (χ0n) is 18.8. The lowest BCUT2D eigenvalue weighted by molar-refractivity contribution is -0.123. The Kier molecular flexibility index (Phi) is 6.42. The average Bonchev–Trinajstić information content (AvgIpc) is 3.26. The molecule has 1 aliphatic rings. The van der Waals surface area contributed by atoms with E-state index >= 15 is 0 Å². The van der Waals surface area contributed by atoms with Gasteiger partial charge in [-0.25, -0.2) is 0 Å². The highest BCUT2D eigenvalue weighted by Gasteiger charge is 2.28. The van der Waals surface area contributed by atoms with Crippen molar-refractivity contribution in [2.75, 3.05) is 11.9 Å².